The predicted molar refractivity (Wildman–Crippen MR) is 69.7 cm³/mol. The third-order valence-corrected chi connectivity index (χ3v) is 4.01. The van der Waals surface area contributed by atoms with Gasteiger partial charge in [0.15, 0.2) is 0 Å². The van der Waals surface area contributed by atoms with Crippen molar-refractivity contribution in [3.63, 3.8) is 0 Å². The van der Waals surface area contributed by atoms with E-state index in [0.717, 1.165) is 17.9 Å². The van der Waals surface area contributed by atoms with E-state index in [1.165, 1.54) is 11.1 Å². The molecule has 0 spiro atoms. The van der Waals surface area contributed by atoms with Crippen LogP contribution in [0.25, 0.3) is 0 Å². The molecule has 0 aromatic heterocycles. The molecule has 17 heavy (non-hydrogen) atoms. The predicted octanol–water partition coefficient (Wildman–Crippen LogP) is 1.38. The minimum absolute atomic E-state index is 0.169. The standard InChI is InChI=1S/C13H18O3S/c1-9-2-3-13-10(4-9)5-12(16-13)8-17-7-11(15)6-14/h2-4,11-12,14-15H,5-8H2,1H3. The highest BCUT2D eigenvalue weighted by Gasteiger charge is 2.22. The molecule has 1 aromatic carbocycles. The maximum atomic E-state index is 9.23. The zero-order valence-electron chi connectivity index (χ0n) is 9.93. The lowest BCUT2D eigenvalue weighted by Gasteiger charge is -2.11. The van der Waals surface area contributed by atoms with Crippen molar-refractivity contribution >= 4 is 11.8 Å². The summed E-state index contributed by atoms with van der Waals surface area (Å²) >= 11 is 1.62. The molecular formula is C13H18O3S. The van der Waals surface area contributed by atoms with E-state index < -0.39 is 6.10 Å². The molecule has 0 aliphatic carbocycles. The summed E-state index contributed by atoms with van der Waals surface area (Å²) in [7, 11) is 0. The van der Waals surface area contributed by atoms with Gasteiger partial charge in [-0.1, -0.05) is 17.7 Å². The second-order valence-corrected chi connectivity index (χ2v) is 5.50. The first kappa shape index (κ1) is 12.7. The molecule has 0 fully saturated rings. The van der Waals surface area contributed by atoms with E-state index in [4.69, 9.17) is 9.84 Å². The van der Waals surface area contributed by atoms with Crippen LogP contribution in [0.15, 0.2) is 18.2 Å². The van der Waals surface area contributed by atoms with Crippen molar-refractivity contribution in [1.29, 1.82) is 0 Å². The summed E-state index contributed by atoms with van der Waals surface area (Å²) in [6.07, 6.45) is 0.521. The first-order valence-electron chi connectivity index (χ1n) is 5.82. The van der Waals surface area contributed by atoms with Crippen LogP contribution in [0.1, 0.15) is 11.1 Å². The SMILES string of the molecule is Cc1ccc2c(c1)CC(CSCC(O)CO)O2. The van der Waals surface area contributed by atoms with Gasteiger partial charge in [0.2, 0.25) is 0 Å². The average Bonchev–Trinajstić information content (AvgIpc) is 2.70. The largest absolute Gasteiger partial charge is 0.489 e. The molecule has 0 saturated heterocycles. The molecule has 2 unspecified atom stereocenters. The van der Waals surface area contributed by atoms with Gasteiger partial charge in [-0.15, -0.1) is 0 Å². The number of aliphatic hydroxyl groups excluding tert-OH is 2. The zero-order chi connectivity index (χ0) is 12.3. The summed E-state index contributed by atoms with van der Waals surface area (Å²) in [5.74, 6) is 2.40. The normalized spacial score (nSPS) is 19.8. The van der Waals surface area contributed by atoms with E-state index in [9.17, 15) is 5.11 Å². The van der Waals surface area contributed by atoms with Gasteiger partial charge < -0.3 is 14.9 Å². The fraction of sp³-hybridized carbons (Fsp3) is 0.538. The molecule has 1 heterocycles. The maximum absolute atomic E-state index is 9.23. The molecule has 4 heteroatoms. The molecule has 2 rings (SSSR count). The van der Waals surface area contributed by atoms with E-state index in [1.807, 2.05) is 6.07 Å². The quantitative estimate of drug-likeness (QED) is 0.833. The Morgan fingerprint density at radius 1 is 1.53 bits per heavy atom. The Balaban J connectivity index is 1.80. The molecule has 0 bridgehead atoms. The minimum atomic E-state index is -0.619. The Morgan fingerprint density at radius 2 is 2.35 bits per heavy atom. The molecule has 2 N–H and O–H groups in total. The van der Waals surface area contributed by atoms with Crippen LogP contribution in [-0.4, -0.2) is 40.5 Å². The van der Waals surface area contributed by atoms with Gasteiger partial charge in [0.25, 0.3) is 0 Å². The minimum Gasteiger partial charge on any atom is -0.489 e. The molecule has 3 nitrogen and oxygen atoms in total. The molecule has 0 saturated carbocycles. The van der Waals surface area contributed by atoms with Crippen LogP contribution in [0.3, 0.4) is 0 Å². The molecule has 0 amide bonds. The number of aryl methyl sites for hydroxylation is 1. The second-order valence-electron chi connectivity index (χ2n) is 4.43. The van der Waals surface area contributed by atoms with Crippen LogP contribution in [-0.2, 0) is 6.42 Å². The van der Waals surface area contributed by atoms with Crippen LogP contribution in [0.2, 0.25) is 0 Å². The summed E-state index contributed by atoms with van der Waals surface area (Å²) in [4.78, 5) is 0. The van der Waals surface area contributed by atoms with Crippen molar-refractivity contribution in [3.05, 3.63) is 29.3 Å². The molecule has 1 aliphatic heterocycles. The van der Waals surface area contributed by atoms with Crippen LogP contribution >= 0.6 is 11.8 Å². The maximum Gasteiger partial charge on any atom is 0.123 e. The van der Waals surface area contributed by atoms with E-state index in [-0.39, 0.29) is 12.7 Å². The Bertz CT molecular complexity index is 381. The number of benzene rings is 1. The van der Waals surface area contributed by atoms with E-state index in [1.54, 1.807) is 11.8 Å². The molecule has 94 valence electrons. The molecule has 0 radical (unpaired) electrons. The molecule has 1 aromatic rings. The van der Waals surface area contributed by atoms with Crippen molar-refractivity contribution in [1.82, 2.24) is 0 Å². The topological polar surface area (TPSA) is 49.7 Å². The monoisotopic (exact) mass is 254 g/mol. The van der Waals surface area contributed by atoms with Crippen molar-refractivity contribution in [2.24, 2.45) is 0 Å². The zero-order valence-corrected chi connectivity index (χ0v) is 10.7. The number of hydrogen-bond donors (Lipinski definition) is 2. The fourth-order valence-electron chi connectivity index (χ4n) is 1.93. The lowest BCUT2D eigenvalue weighted by atomic mass is 10.1. The first-order chi connectivity index (χ1) is 8.19. The highest BCUT2D eigenvalue weighted by molar-refractivity contribution is 7.99. The fourth-order valence-corrected chi connectivity index (χ4v) is 2.89. The summed E-state index contributed by atoms with van der Waals surface area (Å²) in [6, 6.07) is 6.25. The van der Waals surface area contributed by atoms with Crippen LogP contribution in [0.5, 0.6) is 5.75 Å². The van der Waals surface area contributed by atoms with E-state index in [0.29, 0.717) is 5.75 Å². The number of thioether (sulfide) groups is 1. The summed E-state index contributed by atoms with van der Waals surface area (Å²) in [5, 5.41) is 17.9. The summed E-state index contributed by atoms with van der Waals surface area (Å²) in [6.45, 7) is 1.91. The number of hydrogen-bond acceptors (Lipinski definition) is 4. The van der Waals surface area contributed by atoms with Gasteiger partial charge >= 0.3 is 0 Å². The van der Waals surface area contributed by atoms with Crippen molar-refractivity contribution < 1.29 is 14.9 Å². The van der Waals surface area contributed by atoms with Gasteiger partial charge in [-0.25, -0.2) is 0 Å². The molecular weight excluding hydrogens is 236 g/mol. The molecule has 2 atom stereocenters. The summed E-state index contributed by atoms with van der Waals surface area (Å²) < 4.78 is 5.81. The Hall–Kier alpha value is -0.710. The van der Waals surface area contributed by atoms with Gasteiger partial charge in [-0.2, -0.15) is 11.8 Å². The van der Waals surface area contributed by atoms with Crippen LogP contribution < -0.4 is 4.74 Å². The van der Waals surface area contributed by atoms with Crippen LogP contribution in [0.4, 0.5) is 0 Å². The highest BCUT2D eigenvalue weighted by atomic mass is 32.2. The first-order valence-corrected chi connectivity index (χ1v) is 6.97. The lowest BCUT2D eigenvalue weighted by Crippen LogP contribution is -2.20. The Kier molecular flexibility index (Phi) is 4.31. The average molecular weight is 254 g/mol. The number of ether oxygens (including phenoxy) is 1. The van der Waals surface area contributed by atoms with Crippen LogP contribution in [0, 0.1) is 6.92 Å². The van der Waals surface area contributed by atoms with Crippen molar-refractivity contribution in [2.75, 3.05) is 18.1 Å². The highest BCUT2D eigenvalue weighted by Crippen LogP contribution is 2.30. The number of fused-ring (bicyclic) bond motifs is 1. The number of aliphatic hydroxyl groups is 2. The third-order valence-electron chi connectivity index (χ3n) is 2.78. The van der Waals surface area contributed by atoms with Gasteiger partial charge in [0.1, 0.15) is 11.9 Å². The molecule has 1 aliphatic rings. The number of rotatable bonds is 5. The third kappa shape index (κ3) is 3.37. The summed E-state index contributed by atoms with van der Waals surface area (Å²) in [5.41, 5.74) is 2.54. The van der Waals surface area contributed by atoms with Gasteiger partial charge in [-0.3, -0.25) is 0 Å². The van der Waals surface area contributed by atoms with Gasteiger partial charge in [0, 0.05) is 17.9 Å². The smallest absolute Gasteiger partial charge is 0.123 e. The lowest BCUT2D eigenvalue weighted by molar-refractivity contribution is 0.113. The Morgan fingerprint density at radius 3 is 3.12 bits per heavy atom. The van der Waals surface area contributed by atoms with Crippen molar-refractivity contribution in [3.8, 4) is 5.75 Å². The Labute approximate surface area is 106 Å². The van der Waals surface area contributed by atoms with E-state index >= 15 is 0 Å². The van der Waals surface area contributed by atoms with Gasteiger partial charge in [0.05, 0.1) is 12.7 Å². The second kappa shape index (κ2) is 5.76. The van der Waals surface area contributed by atoms with Crippen molar-refractivity contribution in [2.45, 2.75) is 25.6 Å². The van der Waals surface area contributed by atoms with E-state index in [2.05, 4.69) is 19.1 Å². The van der Waals surface area contributed by atoms with Gasteiger partial charge in [-0.05, 0) is 18.6 Å².